The molecule has 0 radical (unpaired) electrons. The molecule has 0 aliphatic heterocycles. The average Bonchev–Trinajstić information content (AvgIpc) is 1.63. The van der Waals surface area contributed by atoms with E-state index in [1.165, 1.54) is 65.1 Å². The Labute approximate surface area is 564 Å². The van der Waals surface area contributed by atoms with Crippen LogP contribution >= 0.6 is 15.9 Å². The van der Waals surface area contributed by atoms with Crippen LogP contribution in [0.4, 0.5) is 5.95 Å². The fraction of sp³-hybridized carbons (Fsp3) is 0.421. The zero-order valence-electron chi connectivity index (χ0n) is 56.8. The third-order valence-corrected chi connectivity index (χ3v) is 12.2. The second kappa shape index (κ2) is 35.1. The number of ether oxygens (including phenoxy) is 3. The van der Waals surface area contributed by atoms with Gasteiger partial charge in [0.2, 0.25) is 5.95 Å². The number of carboxylic acid groups (broad SMARTS) is 2. The third kappa shape index (κ3) is 24.2. The largest absolute Gasteiger partial charge is 2.00 e. The number of ketones is 1. The summed E-state index contributed by atoms with van der Waals surface area (Å²) in [5, 5.41) is 50.7. The molecule has 0 fully saturated rings. The number of nitrogens with one attached hydrogen (secondary N) is 4. The van der Waals surface area contributed by atoms with Crippen molar-refractivity contribution in [1.29, 1.82) is 0 Å². The number of carbonyl (C=O) groups excluding carboxylic acids is 4. The van der Waals surface area contributed by atoms with Crippen molar-refractivity contribution in [3.05, 3.63) is 129 Å². The predicted molar refractivity (Wildman–Crippen MR) is 347 cm³/mol. The number of H-pyrrole nitrogens is 4. The second-order valence-corrected chi connectivity index (χ2v) is 23.9. The minimum absolute atomic E-state index is 0. The van der Waals surface area contributed by atoms with Crippen molar-refractivity contribution >= 4 is 92.1 Å². The van der Waals surface area contributed by atoms with Crippen molar-refractivity contribution < 1.29 is 56.0 Å². The van der Waals surface area contributed by atoms with E-state index in [0.29, 0.717) is 51.1 Å². The van der Waals surface area contributed by atoms with Gasteiger partial charge in [-0.25, -0.2) is 39.6 Å². The van der Waals surface area contributed by atoms with Crippen LogP contribution in [0.2, 0.25) is 0 Å². The van der Waals surface area contributed by atoms with Crippen LogP contribution in [0.5, 0.6) is 0 Å². The minimum Gasteiger partial charge on any atom is -1.00 e. The van der Waals surface area contributed by atoms with Gasteiger partial charge in [0.05, 0.1) is 101 Å². The number of aromatic amines is 4. The number of hydrogen-bond acceptors (Lipinski definition) is 23. The molecule has 0 amide bonds. The number of aromatic carboxylic acids is 1. The first kappa shape index (κ1) is 78.2. The number of nitrogen functional groups attached to an aromatic ring is 1. The normalized spacial score (nSPS) is 10.9. The fourth-order valence-corrected chi connectivity index (χ4v) is 7.33. The number of carboxylic acids is 2. The molecule has 0 unspecified atom stereocenters. The molecule has 0 saturated carbocycles. The van der Waals surface area contributed by atoms with Crippen LogP contribution in [-0.2, 0) is 50.7 Å². The molecule has 0 spiro atoms. The van der Waals surface area contributed by atoms with Crippen LogP contribution in [-0.4, -0.2) is 192 Å². The van der Waals surface area contributed by atoms with E-state index in [0.717, 1.165) is 11.1 Å². The molecule has 10 aromatic rings. The summed E-state index contributed by atoms with van der Waals surface area (Å²) in [6.07, 6.45) is 19.5. The first-order chi connectivity index (χ1) is 43.5. The number of hydrogen-bond donors (Lipinski definition) is 7. The first-order valence-corrected chi connectivity index (χ1v) is 29.1. The summed E-state index contributed by atoms with van der Waals surface area (Å²) in [6, 6.07) is 1.47. The number of aromatic nitrogens is 21. The van der Waals surface area contributed by atoms with Gasteiger partial charge in [0.25, 0.3) is 22.7 Å². The van der Waals surface area contributed by atoms with E-state index in [9.17, 15) is 38.4 Å². The minimum atomic E-state index is -1.16. The van der Waals surface area contributed by atoms with E-state index in [1.807, 2.05) is 63.3 Å². The number of fused-ring (bicyclic) bond motifs is 2. The van der Waals surface area contributed by atoms with Gasteiger partial charge in [-0.2, -0.15) is 39.6 Å². The maximum atomic E-state index is 12.2. The number of rotatable bonds is 12. The summed E-state index contributed by atoms with van der Waals surface area (Å²) < 4.78 is 23.7. The molecule has 10 rings (SSSR count). The van der Waals surface area contributed by atoms with Gasteiger partial charge in [-0.15, -0.1) is 0 Å². The predicted octanol–water partition coefficient (Wildman–Crippen LogP) is 5.79. The molecule has 0 saturated heterocycles. The summed E-state index contributed by atoms with van der Waals surface area (Å²) in [5.41, 5.74) is 7.87. The molecule has 504 valence electrons. The van der Waals surface area contributed by atoms with Gasteiger partial charge in [0.1, 0.15) is 36.3 Å². The quantitative estimate of drug-likeness (QED) is 0.0250. The maximum Gasteiger partial charge on any atom is 2.00 e. The summed E-state index contributed by atoms with van der Waals surface area (Å²) in [5.74, 6) is -2.85. The van der Waals surface area contributed by atoms with E-state index >= 15 is 0 Å². The van der Waals surface area contributed by atoms with Crippen molar-refractivity contribution in [2.75, 3.05) is 25.6 Å². The van der Waals surface area contributed by atoms with Gasteiger partial charge in [0.15, 0.2) is 5.78 Å². The molecule has 35 nitrogen and oxygen atoms in total. The topological polar surface area (TPSA) is 464 Å². The Morgan fingerprint density at radius 3 is 1.51 bits per heavy atom. The van der Waals surface area contributed by atoms with Crippen molar-refractivity contribution in [3.63, 3.8) is 0 Å². The fourth-order valence-electron chi connectivity index (χ4n) is 6.84. The molecule has 0 aliphatic carbocycles. The Bertz CT molecular complexity index is 4180. The maximum absolute atomic E-state index is 12.2. The zero-order valence-corrected chi connectivity index (χ0v) is 57.8. The Hall–Kier alpha value is -10.0. The number of halogens is 1. The van der Waals surface area contributed by atoms with E-state index in [1.54, 1.807) is 48.7 Å². The van der Waals surface area contributed by atoms with Crippen LogP contribution in [0, 0.1) is 0 Å². The Balaban J connectivity index is 0.000000574. The van der Waals surface area contributed by atoms with Crippen LogP contribution in [0.1, 0.15) is 151 Å². The first-order valence-electron chi connectivity index (χ1n) is 28.3. The van der Waals surface area contributed by atoms with Gasteiger partial charge in [-0.05, 0) is 120 Å². The van der Waals surface area contributed by atoms with Crippen LogP contribution in [0.3, 0.4) is 0 Å². The van der Waals surface area contributed by atoms with Crippen LogP contribution < -0.4 is 16.9 Å². The Kier molecular flexibility index (Phi) is 29.2. The van der Waals surface area contributed by atoms with Crippen molar-refractivity contribution in [3.8, 4) is 22.5 Å². The SMILES string of the molecule is CC(C)(C)n1cc(-c2cc(=O)n3[nH]cnc3n2)cn1.CC(C)(C)n1cc(-c2nc3nc[nH]n3c(=O)c2Br)cn1.CC(C)(C)n1cc(C(=O)O)cn1.CCOC(=O)CC(=O)O.CCOC(=O)CC(=O)c1cnn(C(C)(C)C)c1.CCOC(=O)c1cn[nH]c1.Nc1ncn[nH]1.[H-].[H-].[Mg+2]. The van der Waals surface area contributed by atoms with Crippen molar-refractivity contribution in [1.82, 2.24) is 104 Å². The molecule has 0 atom stereocenters. The zero-order chi connectivity index (χ0) is 69.6. The van der Waals surface area contributed by atoms with Gasteiger partial charge in [0, 0.05) is 48.2 Å². The molecule has 0 aromatic carbocycles. The molecular weight excluding hydrogens is 1300 g/mol. The smallest absolute Gasteiger partial charge is 1.00 e. The molecule has 37 heteroatoms. The summed E-state index contributed by atoms with van der Waals surface area (Å²) in [7, 11) is 0. The summed E-state index contributed by atoms with van der Waals surface area (Å²) in [6.45, 7) is 30.2. The number of anilines is 1. The van der Waals surface area contributed by atoms with E-state index in [4.69, 9.17) is 20.7 Å². The van der Waals surface area contributed by atoms with E-state index in [2.05, 4.69) is 143 Å². The molecule has 10 heterocycles. The monoisotopic (exact) mass is 1380 g/mol. The number of esters is 3. The standard InChI is InChI=1S/C12H13BrN6O.C12H14N6O.C12H18N2O3.C8H12N2O2.C6H8N2O2.C5H8O4.C2H4N4.Mg.2H/c1-12(2,3)18-5-7(4-15-18)9-8(13)10(20)19-11(17-9)14-6-16-19;1-12(2,3)17-6-8(5-14-17)9-4-10(19)18-11(16-9)13-7-15-18;1-5-17-11(16)6-10(15)9-7-13-14(8-9)12(2,3)4;1-8(2,3)10-5-6(4-9-10)7(11)12;1-2-10-6(9)5-3-7-8-4-5;1-2-9-5(8)3-4(6)7;3-2-4-1-5-6-2;;;/h4-6H,1-3H3,(H,14,16,17);4-7H,1-3H3,(H,13,15,16);7-8H,5-6H2,1-4H3;4-5H,1-3H3,(H,11,12);3-4H,2H2,1H3,(H,7,8);2-3H2,1H3,(H,6,7);1H,(H3,3,4,5,6);;;/q;;;;;;;+2;2*-1. The van der Waals surface area contributed by atoms with Gasteiger partial charge >= 0.3 is 52.9 Å². The number of nitrogens with two attached hydrogens (primary N) is 1. The van der Waals surface area contributed by atoms with Gasteiger partial charge in [-0.1, -0.05) is 0 Å². The van der Waals surface area contributed by atoms with Gasteiger partial charge < -0.3 is 33.0 Å². The summed E-state index contributed by atoms with van der Waals surface area (Å²) >= 11 is 3.30. The molecule has 94 heavy (non-hydrogen) atoms. The van der Waals surface area contributed by atoms with E-state index < -0.39 is 30.3 Å². The molecule has 0 aliphatic rings. The summed E-state index contributed by atoms with van der Waals surface area (Å²) in [4.78, 5) is 108. The average molecular weight is 1380 g/mol. The van der Waals surface area contributed by atoms with Crippen LogP contribution in [0.25, 0.3) is 34.1 Å². The second-order valence-electron chi connectivity index (χ2n) is 23.1. The Morgan fingerprint density at radius 1 is 0.596 bits per heavy atom. The number of carbonyl (C=O) groups is 6. The molecule has 0 bridgehead atoms. The number of aliphatic carboxylic acids is 1. The van der Waals surface area contributed by atoms with Crippen molar-refractivity contribution in [2.24, 2.45) is 0 Å². The van der Waals surface area contributed by atoms with Crippen molar-refractivity contribution in [2.45, 2.75) is 139 Å². The molecular formula is C57H79BrMgN22O13. The molecule has 10 aromatic heterocycles. The molecule has 8 N–H and O–H groups in total. The Morgan fingerprint density at radius 2 is 1.07 bits per heavy atom. The third-order valence-electron chi connectivity index (χ3n) is 11.5. The number of nitrogens with zero attached hydrogens (tertiary/aromatic N) is 17. The van der Waals surface area contributed by atoms with Gasteiger partial charge in [-0.3, -0.25) is 62.8 Å². The van der Waals surface area contributed by atoms with Crippen LogP contribution in [0.15, 0.2) is 101 Å². The number of Topliss-reactive ketones (excluding diaryl/α,β-unsaturated/α-hetero) is 1. The van der Waals surface area contributed by atoms with E-state index in [-0.39, 0.29) is 96.1 Å².